The molecule has 28 heavy (non-hydrogen) atoms. The van der Waals surface area contributed by atoms with Gasteiger partial charge in [-0.3, -0.25) is 19.0 Å². The Morgan fingerprint density at radius 3 is 2.50 bits per heavy atom. The predicted octanol–water partition coefficient (Wildman–Crippen LogP) is 1.87. The van der Waals surface area contributed by atoms with Crippen LogP contribution in [0.5, 0.6) is 0 Å². The van der Waals surface area contributed by atoms with E-state index in [-0.39, 0.29) is 29.7 Å². The number of nitrogens with one attached hydrogen (secondary N) is 1. The van der Waals surface area contributed by atoms with Gasteiger partial charge in [0.25, 0.3) is 5.56 Å². The molecule has 1 N–H and O–H groups in total. The van der Waals surface area contributed by atoms with Gasteiger partial charge in [-0.05, 0) is 29.8 Å². The first-order valence-electron chi connectivity index (χ1n) is 8.93. The third kappa shape index (κ3) is 4.17. The van der Waals surface area contributed by atoms with Gasteiger partial charge in [0.05, 0.1) is 23.2 Å². The van der Waals surface area contributed by atoms with Crippen molar-refractivity contribution in [1.82, 2.24) is 19.8 Å². The molecule has 0 aliphatic rings. The minimum atomic E-state index is -0.282. The molecule has 1 aromatic heterocycles. The Bertz CT molecular complexity index is 1110. The molecule has 0 spiro atoms. The molecule has 0 bridgehead atoms. The molecule has 146 valence electrons. The zero-order valence-corrected chi connectivity index (χ0v) is 16.9. The SMILES string of the molecule is CCn1c(SCC(=O)NCC(=O)N(C)C)nc2cc3ccccc3cc2c1=O. The first-order chi connectivity index (χ1) is 13.4. The number of rotatable bonds is 6. The van der Waals surface area contributed by atoms with Gasteiger partial charge in [-0.15, -0.1) is 0 Å². The van der Waals surface area contributed by atoms with Gasteiger partial charge in [-0.25, -0.2) is 4.98 Å². The maximum absolute atomic E-state index is 12.9. The van der Waals surface area contributed by atoms with Crippen LogP contribution < -0.4 is 10.9 Å². The number of likely N-dealkylation sites (N-methyl/N-ethyl adjacent to an activating group) is 1. The van der Waals surface area contributed by atoms with Crippen molar-refractivity contribution in [3.8, 4) is 0 Å². The number of carbonyl (C=O) groups excluding carboxylic acids is 2. The lowest BCUT2D eigenvalue weighted by Crippen LogP contribution is -2.37. The van der Waals surface area contributed by atoms with Gasteiger partial charge >= 0.3 is 0 Å². The lowest BCUT2D eigenvalue weighted by Gasteiger charge is -2.13. The maximum atomic E-state index is 12.9. The Morgan fingerprint density at radius 2 is 1.86 bits per heavy atom. The topological polar surface area (TPSA) is 84.3 Å². The van der Waals surface area contributed by atoms with Crippen molar-refractivity contribution < 1.29 is 9.59 Å². The fraction of sp³-hybridized carbons (Fsp3) is 0.300. The number of hydrogen-bond donors (Lipinski definition) is 1. The van der Waals surface area contributed by atoms with Crippen LogP contribution in [0.1, 0.15) is 6.92 Å². The summed E-state index contributed by atoms with van der Waals surface area (Å²) in [6.07, 6.45) is 0. The van der Waals surface area contributed by atoms with Gasteiger partial charge in [0, 0.05) is 20.6 Å². The van der Waals surface area contributed by atoms with E-state index in [0.29, 0.717) is 22.6 Å². The normalized spacial score (nSPS) is 11.0. The van der Waals surface area contributed by atoms with Crippen molar-refractivity contribution in [1.29, 1.82) is 0 Å². The highest BCUT2D eigenvalue weighted by molar-refractivity contribution is 7.99. The van der Waals surface area contributed by atoms with Crippen LogP contribution in [0.2, 0.25) is 0 Å². The zero-order valence-electron chi connectivity index (χ0n) is 16.1. The van der Waals surface area contributed by atoms with Crippen LogP contribution >= 0.6 is 11.8 Å². The van der Waals surface area contributed by atoms with Crippen molar-refractivity contribution in [2.24, 2.45) is 0 Å². The highest BCUT2D eigenvalue weighted by Gasteiger charge is 2.14. The molecule has 3 rings (SSSR count). The number of aromatic nitrogens is 2. The van der Waals surface area contributed by atoms with Gasteiger partial charge in [-0.2, -0.15) is 0 Å². The van der Waals surface area contributed by atoms with E-state index < -0.39 is 0 Å². The number of fused-ring (bicyclic) bond motifs is 2. The Balaban J connectivity index is 1.86. The van der Waals surface area contributed by atoms with E-state index in [1.165, 1.54) is 16.7 Å². The van der Waals surface area contributed by atoms with Crippen molar-refractivity contribution in [2.75, 3.05) is 26.4 Å². The van der Waals surface area contributed by atoms with Gasteiger partial charge in [0.2, 0.25) is 11.8 Å². The number of hydrogen-bond acceptors (Lipinski definition) is 5. The Labute approximate surface area is 166 Å². The number of nitrogens with zero attached hydrogens (tertiary/aromatic N) is 3. The standard InChI is InChI=1S/C20H22N4O3S/c1-4-24-19(27)15-9-13-7-5-6-8-14(13)10-16(15)22-20(24)28-12-17(25)21-11-18(26)23(2)3/h5-10H,4,11-12H2,1-3H3,(H,21,25). The average molecular weight is 398 g/mol. The van der Waals surface area contributed by atoms with Gasteiger partial charge in [0.15, 0.2) is 5.16 Å². The first kappa shape index (κ1) is 19.9. The molecule has 0 aliphatic heterocycles. The monoisotopic (exact) mass is 398 g/mol. The molecule has 2 amide bonds. The first-order valence-corrected chi connectivity index (χ1v) is 9.92. The molecule has 8 heteroatoms. The molecule has 0 atom stereocenters. The van der Waals surface area contributed by atoms with Crippen molar-refractivity contribution >= 4 is 45.3 Å². The van der Waals surface area contributed by atoms with E-state index in [9.17, 15) is 14.4 Å². The van der Waals surface area contributed by atoms with Crippen molar-refractivity contribution in [3.05, 3.63) is 46.8 Å². The molecule has 0 radical (unpaired) electrons. The minimum absolute atomic E-state index is 0.0515. The van der Waals surface area contributed by atoms with Crippen molar-refractivity contribution in [2.45, 2.75) is 18.6 Å². The highest BCUT2D eigenvalue weighted by atomic mass is 32.2. The second-order valence-electron chi connectivity index (χ2n) is 6.51. The maximum Gasteiger partial charge on any atom is 0.262 e. The largest absolute Gasteiger partial charge is 0.347 e. The summed E-state index contributed by atoms with van der Waals surface area (Å²) in [7, 11) is 3.26. The third-order valence-corrected chi connectivity index (χ3v) is 5.35. The molecule has 0 saturated heterocycles. The smallest absolute Gasteiger partial charge is 0.262 e. The summed E-state index contributed by atoms with van der Waals surface area (Å²) in [5.74, 6) is -0.387. The molecule has 2 aromatic carbocycles. The average Bonchev–Trinajstić information content (AvgIpc) is 2.69. The van der Waals surface area contributed by atoms with E-state index in [1.807, 2.05) is 43.3 Å². The van der Waals surface area contributed by atoms with Crippen LogP contribution in [0.4, 0.5) is 0 Å². The minimum Gasteiger partial charge on any atom is -0.347 e. The summed E-state index contributed by atoms with van der Waals surface area (Å²) < 4.78 is 1.57. The van der Waals surface area contributed by atoms with Crippen LogP contribution in [0, 0.1) is 0 Å². The second kappa shape index (κ2) is 8.43. The Hall–Kier alpha value is -2.87. The summed E-state index contributed by atoms with van der Waals surface area (Å²) in [5, 5.41) is 5.63. The van der Waals surface area contributed by atoms with Gasteiger partial charge < -0.3 is 10.2 Å². The van der Waals surface area contributed by atoms with Crippen LogP contribution in [0.15, 0.2) is 46.3 Å². The van der Waals surface area contributed by atoms with Gasteiger partial charge in [-0.1, -0.05) is 36.0 Å². The van der Waals surface area contributed by atoms with E-state index in [0.717, 1.165) is 10.8 Å². The highest BCUT2D eigenvalue weighted by Crippen LogP contribution is 2.22. The van der Waals surface area contributed by atoms with E-state index >= 15 is 0 Å². The number of thioether (sulfide) groups is 1. The van der Waals surface area contributed by atoms with Crippen LogP contribution in [0.25, 0.3) is 21.7 Å². The van der Waals surface area contributed by atoms with Crippen LogP contribution in [0.3, 0.4) is 0 Å². The molecule has 0 saturated carbocycles. The van der Waals surface area contributed by atoms with Crippen LogP contribution in [-0.4, -0.2) is 52.7 Å². The summed E-state index contributed by atoms with van der Waals surface area (Å²) in [6, 6.07) is 11.6. The Morgan fingerprint density at radius 1 is 1.18 bits per heavy atom. The fourth-order valence-corrected chi connectivity index (χ4v) is 3.68. The van der Waals surface area contributed by atoms with E-state index in [2.05, 4.69) is 10.3 Å². The molecule has 7 nitrogen and oxygen atoms in total. The predicted molar refractivity (Wildman–Crippen MR) is 112 cm³/mol. The summed E-state index contributed by atoms with van der Waals surface area (Å²) in [6.45, 7) is 2.28. The molecular weight excluding hydrogens is 376 g/mol. The summed E-state index contributed by atoms with van der Waals surface area (Å²) in [5.41, 5.74) is 0.489. The summed E-state index contributed by atoms with van der Waals surface area (Å²) in [4.78, 5) is 42.6. The van der Waals surface area contributed by atoms with Crippen molar-refractivity contribution in [3.63, 3.8) is 0 Å². The van der Waals surface area contributed by atoms with Gasteiger partial charge in [0.1, 0.15) is 0 Å². The molecule has 3 aromatic rings. The number of benzene rings is 2. The van der Waals surface area contributed by atoms with Crippen LogP contribution in [-0.2, 0) is 16.1 Å². The third-order valence-electron chi connectivity index (χ3n) is 4.37. The lowest BCUT2D eigenvalue weighted by atomic mass is 10.1. The summed E-state index contributed by atoms with van der Waals surface area (Å²) >= 11 is 1.19. The molecule has 0 aliphatic carbocycles. The molecule has 1 heterocycles. The molecule has 0 unspecified atom stereocenters. The van der Waals surface area contributed by atoms with E-state index in [1.54, 1.807) is 18.7 Å². The Kier molecular flexibility index (Phi) is 5.99. The number of carbonyl (C=O) groups is 2. The number of amides is 2. The fourth-order valence-electron chi connectivity index (χ4n) is 2.79. The molecular formula is C20H22N4O3S. The molecule has 0 fully saturated rings. The zero-order chi connectivity index (χ0) is 20.3. The quantitative estimate of drug-likeness (QED) is 0.389. The second-order valence-corrected chi connectivity index (χ2v) is 7.46. The van der Waals surface area contributed by atoms with E-state index in [4.69, 9.17) is 0 Å². The lowest BCUT2D eigenvalue weighted by molar-refractivity contribution is -0.130.